The van der Waals surface area contributed by atoms with Crippen molar-refractivity contribution in [3.05, 3.63) is 63.8 Å². The standard InChI is InChI=1S/C18H12ClN3O2S2/c1-10-11-4-2-3-5-12(11)17(24)22(10)8-16(23)21-18-20-13(9-25-18)14-6-7-15(19)26-14/h2-7,9H,1,8H2,(H,20,21,23). The maximum Gasteiger partial charge on any atom is 0.259 e. The number of amides is 2. The van der Waals surface area contributed by atoms with Crippen molar-refractivity contribution >= 4 is 56.9 Å². The summed E-state index contributed by atoms with van der Waals surface area (Å²) in [5.41, 5.74) is 2.62. The molecule has 0 unspecified atom stereocenters. The van der Waals surface area contributed by atoms with Crippen LogP contribution in [-0.4, -0.2) is 28.2 Å². The highest BCUT2D eigenvalue weighted by molar-refractivity contribution is 7.20. The first-order valence-corrected chi connectivity index (χ1v) is 9.71. The Hall–Kier alpha value is -2.48. The Morgan fingerprint density at radius 1 is 1.23 bits per heavy atom. The number of fused-ring (bicyclic) bond motifs is 1. The summed E-state index contributed by atoms with van der Waals surface area (Å²) in [6.45, 7) is 3.83. The SMILES string of the molecule is C=C1c2ccccc2C(=O)N1CC(=O)Nc1nc(-c2ccc(Cl)s2)cs1. The quantitative estimate of drug-likeness (QED) is 0.695. The molecule has 0 saturated heterocycles. The molecule has 1 N–H and O–H groups in total. The maximum absolute atomic E-state index is 12.4. The molecule has 1 aromatic carbocycles. The van der Waals surface area contributed by atoms with E-state index in [4.69, 9.17) is 11.6 Å². The molecular formula is C18H12ClN3O2S2. The number of anilines is 1. The number of nitrogens with zero attached hydrogens (tertiary/aromatic N) is 2. The highest BCUT2D eigenvalue weighted by Crippen LogP contribution is 2.33. The molecule has 3 heterocycles. The topological polar surface area (TPSA) is 62.3 Å². The van der Waals surface area contributed by atoms with E-state index in [0.717, 1.165) is 16.1 Å². The van der Waals surface area contributed by atoms with Gasteiger partial charge in [0.25, 0.3) is 5.91 Å². The smallest absolute Gasteiger partial charge is 0.259 e. The lowest BCUT2D eigenvalue weighted by molar-refractivity contribution is -0.116. The molecule has 4 rings (SSSR count). The summed E-state index contributed by atoms with van der Waals surface area (Å²) in [6.07, 6.45) is 0. The Morgan fingerprint density at radius 2 is 2.00 bits per heavy atom. The van der Waals surface area contributed by atoms with E-state index in [2.05, 4.69) is 16.9 Å². The van der Waals surface area contributed by atoms with E-state index in [-0.39, 0.29) is 18.4 Å². The molecule has 0 saturated carbocycles. The van der Waals surface area contributed by atoms with Crippen molar-refractivity contribution in [1.82, 2.24) is 9.88 Å². The molecule has 3 aromatic rings. The van der Waals surface area contributed by atoms with Gasteiger partial charge < -0.3 is 5.32 Å². The molecule has 0 atom stereocenters. The van der Waals surface area contributed by atoms with Crippen molar-refractivity contribution in [3.8, 4) is 10.6 Å². The van der Waals surface area contributed by atoms with Gasteiger partial charge in [-0.15, -0.1) is 22.7 Å². The Balaban J connectivity index is 1.45. The van der Waals surface area contributed by atoms with Crippen LogP contribution < -0.4 is 5.32 Å². The van der Waals surface area contributed by atoms with E-state index < -0.39 is 0 Å². The summed E-state index contributed by atoms with van der Waals surface area (Å²) in [7, 11) is 0. The first kappa shape index (κ1) is 17.0. The number of hydrogen-bond donors (Lipinski definition) is 1. The fourth-order valence-corrected chi connectivity index (χ4v) is 4.51. The van der Waals surface area contributed by atoms with Gasteiger partial charge in [-0.25, -0.2) is 4.98 Å². The van der Waals surface area contributed by atoms with Crippen molar-refractivity contribution in [3.63, 3.8) is 0 Å². The number of benzene rings is 1. The highest BCUT2D eigenvalue weighted by atomic mass is 35.5. The normalized spacial score (nSPS) is 13.2. The third kappa shape index (κ3) is 3.05. The monoisotopic (exact) mass is 401 g/mol. The number of hydrogen-bond acceptors (Lipinski definition) is 5. The largest absolute Gasteiger partial charge is 0.300 e. The van der Waals surface area contributed by atoms with Crippen LogP contribution in [0.1, 0.15) is 15.9 Å². The van der Waals surface area contributed by atoms with E-state index in [1.165, 1.54) is 27.6 Å². The van der Waals surface area contributed by atoms with Crippen molar-refractivity contribution in [2.75, 3.05) is 11.9 Å². The minimum atomic E-state index is -0.322. The second-order valence-electron chi connectivity index (χ2n) is 5.57. The Bertz CT molecular complexity index is 1010. The first-order valence-electron chi connectivity index (χ1n) is 7.64. The molecule has 2 aromatic heterocycles. The van der Waals surface area contributed by atoms with Crippen LogP contribution in [0.15, 0.2) is 48.4 Å². The van der Waals surface area contributed by atoms with Gasteiger partial charge in [0.05, 0.1) is 14.9 Å². The predicted molar refractivity (Wildman–Crippen MR) is 106 cm³/mol. The van der Waals surface area contributed by atoms with Gasteiger partial charge in [0.2, 0.25) is 5.91 Å². The lowest BCUT2D eigenvalue weighted by Crippen LogP contribution is -2.32. The van der Waals surface area contributed by atoms with Gasteiger partial charge in [-0.1, -0.05) is 36.4 Å². The van der Waals surface area contributed by atoms with Crippen LogP contribution in [0.25, 0.3) is 16.3 Å². The van der Waals surface area contributed by atoms with E-state index in [9.17, 15) is 9.59 Å². The number of thiazole rings is 1. The number of nitrogens with one attached hydrogen (secondary N) is 1. The summed E-state index contributed by atoms with van der Waals surface area (Å²) in [5, 5.41) is 5.07. The average Bonchev–Trinajstić information content (AvgIpc) is 3.32. The minimum absolute atomic E-state index is 0.105. The molecule has 130 valence electrons. The Labute approximate surface area is 162 Å². The molecule has 5 nitrogen and oxygen atoms in total. The molecule has 1 aliphatic heterocycles. The van der Waals surface area contributed by atoms with Crippen LogP contribution in [-0.2, 0) is 4.79 Å². The third-order valence-corrected chi connectivity index (χ3v) is 5.93. The molecule has 0 radical (unpaired) electrons. The fraction of sp³-hybridized carbons (Fsp3) is 0.0556. The third-order valence-electron chi connectivity index (χ3n) is 3.92. The van der Waals surface area contributed by atoms with Crippen molar-refractivity contribution in [2.24, 2.45) is 0 Å². The van der Waals surface area contributed by atoms with Crippen LogP contribution >= 0.6 is 34.3 Å². The van der Waals surface area contributed by atoms with E-state index >= 15 is 0 Å². The van der Waals surface area contributed by atoms with Crippen molar-refractivity contribution in [2.45, 2.75) is 0 Å². The van der Waals surface area contributed by atoms with Crippen LogP contribution in [0.5, 0.6) is 0 Å². The summed E-state index contributed by atoms with van der Waals surface area (Å²) in [4.78, 5) is 31.5. The summed E-state index contributed by atoms with van der Waals surface area (Å²) in [5.74, 6) is -0.536. The van der Waals surface area contributed by atoms with Gasteiger partial charge in [0.15, 0.2) is 5.13 Å². The summed E-state index contributed by atoms with van der Waals surface area (Å²) in [6, 6.07) is 10.9. The first-order chi connectivity index (χ1) is 12.5. The zero-order valence-electron chi connectivity index (χ0n) is 13.4. The van der Waals surface area contributed by atoms with Gasteiger partial charge >= 0.3 is 0 Å². The van der Waals surface area contributed by atoms with Gasteiger partial charge in [-0.3, -0.25) is 14.5 Å². The maximum atomic E-state index is 12.4. The van der Waals surface area contributed by atoms with Crippen LogP contribution in [0, 0.1) is 0 Å². The van der Waals surface area contributed by atoms with Gasteiger partial charge in [-0.2, -0.15) is 0 Å². The molecule has 8 heteroatoms. The number of carbonyl (C=O) groups is 2. The molecule has 2 amide bonds. The summed E-state index contributed by atoms with van der Waals surface area (Å²) >= 11 is 8.69. The van der Waals surface area contributed by atoms with Crippen LogP contribution in [0.4, 0.5) is 5.13 Å². The second kappa shape index (κ2) is 6.68. The molecular weight excluding hydrogens is 390 g/mol. The summed E-state index contributed by atoms with van der Waals surface area (Å²) < 4.78 is 0.684. The molecule has 0 aliphatic carbocycles. The van der Waals surface area contributed by atoms with E-state index in [1.54, 1.807) is 18.2 Å². The zero-order valence-corrected chi connectivity index (χ0v) is 15.7. The van der Waals surface area contributed by atoms with E-state index in [1.807, 2.05) is 23.6 Å². The van der Waals surface area contributed by atoms with Gasteiger partial charge in [0.1, 0.15) is 6.54 Å². The average molecular weight is 402 g/mol. The highest BCUT2D eigenvalue weighted by Gasteiger charge is 2.31. The second-order valence-corrected chi connectivity index (χ2v) is 8.15. The van der Waals surface area contributed by atoms with E-state index in [0.29, 0.717) is 20.7 Å². The minimum Gasteiger partial charge on any atom is -0.300 e. The molecule has 1 aliphatic rings. The Morgan fingerprint density at radius 3 is 2.69 bits per heavy atom. The number of thiophene rings is 1. The van der Waals surface area contributed by atoms with Gasteiger partial charge in [0, 0.05) is 22.2 Å². The number of aromatic nitrogens is 1. The number of rotatable bonds is 4. The Kier molecular flexibility index (Phi) is 4.36. The fourth-order valence-electron chi connectivity index (χ4n) is 2.70. The van der Waals surface area contributed by atoms with Crippen molar-refractivity contribution in [1.29, 1.82) is 0 Å². The molecule has 26 heavy (non-hydrogen) atoms. The van der Waals surface area contributed by atoms with Crippen LogP contribution in [0.2, 0.25) is 4.34 Å². The van der Waals surface area contributed by atoms with Gasteiger partial charge in [-0.05, 0) is 18.2 Å². The lowest BCUT2D eigenvalue weighted by atomic mass is 10.1. The van der Waals surface area contributed by atoms with Crippen LogP contribution in [0.3, 0.4) is 0 Å². The molecule has 0 bridgehead atoms. The van der Waals surface area contributed by atoms with Crippen molar-refractivity contribution < 1.29 is 9.59 Å². The molecule has 0 fully saturated rings. The number of carbonyl (C=O) groups excluding carboxylic acids is 2. The predicted octanol–water partition coefficient (Wildman–Crippen LogP) is 4.59. The number of halogens is 1. The lowest BCUT2D eigenvalue weighted by Gasteiger charge is -2.16. The zero-order chi connectivity index (χ0) is 18.3. The molecule has 0 spiro atoms.